The van der Waals surface area contributed by atoms with E-state index >= 15 is 0 Å². The number of halogens is 3. The van der Waals surface area contributed by atoms with Gasteiger partial charge >= 0.3 is 0 Å². The molecule has 0 aliphatic rings. The Morgan fingerprint density at radius 1 is 1.04 bits per heavy atom. The maximum absolute atomic E-state index is 13.7. The van der Waals surface area contributed by atoms with Gasteiger partial charge in [0, 0.05) is 5.56 Å². The van der Waals surface area contributed by atoms with Crippen LogP contribution in [0.5, 0.6) is 0 Å². The van der Waals surface area contributed by atoms with Gasteiger partial charge in [-0.3, -0.25) is 4.79 Å². The van der Waals surface area contributed by atoms with Crippen LogP contribution in [0.3, 0.4) is 0 Å². The van der Waals surface area contributed by atoms with E-state index in [1.165, 1.54) is 6.20 Å². The summed E-state index contributed by atoms with van der Waals surface area (Å²) < 4.78 is 44.9. The van der Waals surface area contributed by atoms with E-state index in [1.54, 1.807) is 12.1 Å². The number of nitrogens with zero attached hydrogens (tertiary/aromatic N) is 1. The summed E-state index contributed by atoms with van der Waals surface area (Å²) in [5.74, 6) is -5.03. The minimum absolute atomic E-state index is 0.0444. The Labute approximate surface area is 134 Å². The molecule has 3 rings (SSSR count). The molecule has 0 spiro atoms. The Balaban J connectivity index is 1.91. The van der Waals surface area contributed by atoms with Crippen LogP contribution in [0.25, 0.3) is 11.3 Å². The second kappa shape index (κ2) is 6.19. The van der Waals surface area contributed by atoms with Gasteiger partial charge in [0.2, 0.25) is 0 Å². The molecular formula is C17H11F3N2O2. The number of hydrogen-bond acceptors (Lipinski definition) is 3. The Bertz CT molecular complexity index is 905. The molecule has 3 aromatic rings. The van der Waals surface area contributed by atoms with Gasteiger partial charge in [0.05, 0.1) is 11.9 Å². The molecule has 0 aliphatic carbocycles. The standard InChI is InChI=1S/C17H11F3N2O2/c1-9-2-4-10(5-3-9)16-11(8-21-24-16)17(23)22-13-7-6-12(18)14(19)15(13)20/h2-8H,1H3,(H,22,23). The van der Waals surface area contributed by atoms with Gasteiger partial charge in [0.25, 0.3) is 5.91 Å². The van der Waals surface area contributed by atoms with Crippen LogP contribution >= 0.6 is 0 Å². The van der Waals surface area contributed by atoms with E-state index in [4.69, 9.17) is 4.52 Å². The number of hydrogen-bond donors (Lipinski definition) is 1. The monoisotopic (exact) mass is 332 g/mol. The van der Waals surface area contributed by atoms with Crippen LogP contribution in [0.2, 0.25) is 0 Å². The van der Waals surface area contributed by atoms with Gasteiger partial charge in [0.1, 0.15) is 5.56 Å². The third-order valence-corrected chi connectivity index (χ3v) is 3.41. The summed E-state index contributed by atoms with van der Waals surface area (Å²) in [6, 6.07) is 8.80. The number of carbonyl (C=O) groups excluding carboxylic acids is 1. The summed E-state index contributed by atoms with van der Waals surface area (Å²) in [6.45, 7) is 1.91. The number of benzene rings is 2. The largest absolute Gasteiger partial charge is 0.355 e. The number of carbonyl (C=O) groups is 1. The van der Waals surface area contributed by atoms with Crippen LogP contribution < -0.4 is 5.32 Å². The molecule has 0 saturated carbocycles. The molecule has 1 aromatic heterocycles. The zero-order valence-electron chi connectivity index (χ0n) is 12.4. The Morgan fingerprint density at radius 3 is 2.46 bits per heavy atom. The van der Waals surface area contributed by atoms with Crippen LogP contribution in [-0.4, -0.2) is 11.1 Å². The average Bonchev–Trinajstić information content (AvgIpc) is 3.06. The maximum Gasteiger partial charge on any atom is 0.261 e. The maximum atomic E-state index is 13.7. The minimum atomic E-state index is -1.66. The van der Waals surface area contributed by atoms with Crippen molar-refractivity contribution in [2.75, 3.05) is 5.32 Å². The molecule has 24 heavy (non-hydrogen) atoms. The molecule has 2 aromatic carbocycles. The fourth-order valence-corrected chi connectivity index (χ4v) is 2.13. The van der Waals surface area contributed by atoms with Crippen LogP contribution in [0.1, 0.15) is 15.9 Å². The molecule has 0 aliphatic heterocycles. The van der Waals surface area contributed by atoms with E-state index in [0.717, 1.165) is 17.7 Å². The third kappa shape index (κ3) is 2.88. The first-order valence-electron chi connectivity index (χ1n) is 6.94. The van der Waals surface area contributed by atoms with Crippen LogP contribution in [0, 0.1) is 24.4 Å². The van der Waals surface area contributed by atoms with Crippen molar-refractivity contribution >= 4 is 11.6 Å². The lowest BCUT2D eigenvalue weighted by molar-refractivity contribution is 0.102. The molecule has 0 fully saturated rings. The van der Waals surface area contributed by atoms with Crippen molar-refractivity contribution in [3.8, 4) is 11.3 Å². The van der Waals surface area contributed by atoms with Crippen molar-refractivity contribution < 1.29 is 22.5 Å². The normalized spacial score (nSPS) is 10.7. The van der Waals surface area contributed by atoms with Gasteiger partial charge < -0.3 is 9.84 Å². The van der Waals surface area contributed by atoms with Crippen molar-refractivity contribution in [2.45, 2.75) is 6.92 Å². The molecule has 1 heterocycles. The summed E-state index contributed by atoms with van der Waals surface area (Å²) in [5, 5.41) is 5.76. The highest BCUT2D eigenvalue weighted by atomic mass is 19.2. The highest BCUT2D eigenvalue weighted by molar-refractivity contribution is 6.07. The predicted octanol–water partition coefficient (Wildman–Crippen LogP) is 4.32. The third-order valence-electron chi connectivity index (χ3n) is 3.41. The summed E-state index contributed by atoms with van der Waals surface area (Å²) in [7, 11) is 0. The van der Waals surface area contributed by atoms with Gasteiger partial charge in [0.15, 0.2) is 23.2 Å². The summed E-state index contributed by atoms with van der Waals surface area (Å²) >= 11 is 0. The van der Waals surface area contributed by atoms with Crippen LogP contribution in [0.4, 0.5) is 18.9 Å². The van der Waals surface area contributed by atoms with E-state index in [0.29, 0.717) is 5.56 Å². The summed E-state index contributed by atoms with van der Waals surface area (Å²) in [4.78, 5) is 12.3. The lowest BCUT2D eigenvalue weighted by Crippen LogP contribution is -2.14. The number of rotatable bonds is 3. The molecule has 122 valence electrons. The van der Waals surface area contributed by atoms with Crippen molar-refractivity contribution in [3.05, 3.63) is 71.2 Å². The quantitative estimate of drug-likeness (QED) is 0.727. The van der Waals surface area contributed by atoms with Crippen molar-refractivity contribution in [3.63, 3.8) is 0 Å². The van der Waals surface area contributed by atoms with E-state index in [-0.39, 0.29) is 11.3 Å². The molecule has 0 radical (unpaired) electrons. The molecule has 0 saturated heterocycles. The van der Waals surface area contributed by atoms with Crippen LogP contribution in [0.15, 0.2) is 47.1 Å². The zero-order chi connectivity index (χ0) is 17.3. The first-order chi connectivity index (χ1) is 11.5. The second-order valence-electron chi connectivity index (χ2n) is 5.11. The molecule has 1 N–H and O–H groups in total. The van der Waals surface area contributed by atoms with E-state index in [2.05, 4.69) is 10.5 Å². The fourth-order valence-electron chi connectivity index (χ4n) is 2.13. The van der Waals surface area contributed by atoms with E-state index in [1.807, 2.05) is 19.1 Å². The highest BCUT2D eigenvalue weighted by Gasteiger charge is 2.21. The van der Waals surface area contributed by atoms with Crippen molar-refractivity contribution in [1.29, 1.82) is 0 Å². The molecule has 0 bridgehead atoms. The van der Waals surface area contributed by atoms with Gasteiger partial charge in [-0.1, -0.05) is 35.0 Å². The first kappa shape index (κ1) is 15.8. The van der Waals surface area contributed by atoms with Crippen LogP contribution in [-0.2, 0) is 0 Å². The molecular weight excluding hydrogens is 321 g/mol. The number of amides is 1. The van der Waals surface area contributed by atoms with Crippen molar-refractivity contribution in [2.24, 2.45) is 0 Å². The average molecular weight is 332 g/mol. The molecule has 4 nitrogen and oxygen atoms in total. The van der Waals surface area contributed by atoms with Crippen molar-refractivity contribution in [1.82, 2.24) is 5.16 Å². The Hall–Kier alpha value is -3.09. The molecule has 0 atom stereocenters. The first-order valence-corrected chi connectivity index (χ1v) is 6.94. The number of aromatic nitrogens is 1. The zero-order valence-corrected chi connectivity index (χ0v) is 12.4. The summed E-state index contributed by atoms with van der Waals surface area (Å²) in [5.41, 5.74) is 1.19. The van der Waals surface area contributed by atoms with Gasteiger partial charge in [-0.25, -0.2) is 13.2 Å². The topological polar surface area (TPSA) is 55.1 Å². The number of aryl methyl sites for hydroxylation is 1. The predicted molar refractivity (Wildman–Crippen MR) is 80.9 cm³/mol. The van der Waals surface area contributed by atoms with Gasteiger partial charge in [-0.05, 0) is 19.1 Å². The lowest BCUT2D eigenvalue weighted by atomic mass is 10.1. The smallest absolute Gasteiger partial charge is 0.261 e. The minimum Gasteiger partial charge on any atom is -0.355 e. The Morgan fingerprint density at radius 2 is 1.75 bits per heavy atom. The highest BCUT2D eigenvalue weighted by Crippen LogP contribution is 2.26. The SMILES string of the molecule is Cc1ccc(-c2oncc2C(=O)Nc2ccc(F)c(F)c2F)cc1. The second-order valence-corrected chi connectivity index (χ2v) is 5.11. The fraction of sp³-hybridized carbons (Fsp3) is 0.0588. The lowest BCUT2D eigenvalue weighted by Gasteiger charge is -2.07. The number of nitrogens with one attached hydrogen (secondary N) is 1. The molecule has 0 unspecified atom stereocenters. The van der Waals surface area contributed by atoms with Gasteiger partial charge in [-0.2, -0.15) is 0 Å². The Kier molecular flexibility index (Phi) is 4.07. The molecule has 7 heteroatoms. The molecule has 1 amide bonds. The summed E-state index contributed by atoms with van der Waals surface area (Å²) in [6.07, 6.45) is 1.17. The van der Waals surface area contributed by atoms with E-state index < -0.39 is 29.0 Å². The number of anilines is 1. The van der Waals surface area contributed by atoms with Gasteiger partial charge in [-0.15, -0.1) is 0 Å². The van der Waals surface area contributed by atoms with E-state index in [9.17, 15) is 18.0 Å².